The lowest BCUT2D eigenvalue weighted by Gasteiger charge is -2.25. The van der Waals surface area contributed by atoms with Crippen molar-refractivity contribution in [2.45, 2.75) is 19.8 Å². The molecule has 104 valence electrons. The van der Waals surface area contributed by atoms with Crippen molar-refractivity contribution in [1.29, 1.82) is 0 Å². The van der Waals surface area contributed by atoms with Crippen LogP contribution >= 0.6 is 11.6 Å². The van der Waals surface area contributed by atoms with Gasteiger partial charge in [-0.05, 0) is 18.6 Å². The summed E-state index contributed by atoms with van der Waals surface area (Å²) in [5, 5.41) is 9.38. The Bertz CT molecular complexity index is 477. The molecule has 0 atom stereocenters. The first kappa shape index (κ1) is 15.3. The van der Waals surface area contributed by atoms with Crippen LogP contribution in [0.5, 0.6) is 0 Å². The maximum Gasteiger partial charge on any atom is 0.339 e. The van der Waals surface area contributed by atoms with Crippen molar-refractivity contribution in [3.8, 4) is 0 Å². The SMILES string of the molecule is CCCCN(CC(N)=O)c1cccc(Cl)c1C(=O)O. The van der Waals surface area contributed by atoms with E-state index in [-0.39, 0.29) is 17.1 Å². The maximum absolute atomic E-state index is 11.3. The normalized spacial score (nSPS) is 10.2. The number of benzene rings is 1. The number of carboxylic acid groups (broad SMARTS) is 1. The third-order valence-corrected chi connectivity index (χ3v) is 2.99. The van der Waals surface area contributed by atoms with Crippen LogP contribution in [0.3, 0.4) is 0 Å². The van der Waals surface area contributed by atoms with Crippen molar-refractivity contribution < 1.29 is 14.7 Å². The molecule has 3 N–H and O–H groups in total. The standard InChI is InChI=1S/C13H17ClN2O3/c1-2-3-7-16(8-11(15)17)10-6-4-5-9(14)12(10)13(18)19/h4-6H,2-3,7-8H2,1H3,(H2,15,17)(H,18,19). The molecule has 0 radical (unpaired) electrons. The zero-order valence-electron chi connectivity index (χ0n) is 10.7. The minimum absolute atomic E-state index is 0.00141. The summed E-state index contributed by atoms with van der Waals surface area (Å²) in [6, 6.07) is 4.80. The number of amides is 1. The number of hydrogen-bond acceptors (Lipinski definition) is 3. The van der Waals surface area contributed by atoms with E-state index >= 15 is 0 Å². The monoisotopic (exact) mass is 284 g/mol. The first-order valence-corrected chi connectivity index (χ1v) is 6.40. The fraction of sp³-hybridized carbons (Fsp3) is 0.385. The van der Waals surface area contributed by atoms with Gasteiger partial charge in [0.1, 0.15) is 5.56 Å². The molecular weight excluding hydrogens is 268 g/mol. The fourth-order valence-electron chi connectivity index (χ4n) is 1.81. The number of halogens is 1. The number of anilines is 1. The summed E-state index contributed by atoms with van der Waals surface area (Å²) in [5.41, 5.74) is 5.63. The molecule has 0 aliphatic carbocycles. The van der Waals surface area contributed by atoms with E-state index in [1.807, 2.05) is 6.92 Å². The number of hydrogen-bond donors (Lipinski definition) is 2. The molecule has 5 nitrogen and oxygen atoms in total. The van der Waals surface area contributed by atoms with Crippen LogP contribution in [0, 0.1) is 0 Å². The van der Waals surface area contributed by atoms with Crippen molar-refractivity contribution in [3.63, 3.8) is 0 Å². The van der Waals surface area contributed by atoms with Crippen LogP contribution in [0.25, 0.3) is 0 Å². The summed E-state index contributed by atoms with van der Waals surface area (Å²) < 4.78 is 0. The number of unbranched alkanes of at least 4 members (excludes halogenated alkanes) is 1. The van der Waals surface area contributed by atoms with E-state index in [9.17, 15) is 14.7 Å². The molecule has 0 aliphatic heterocycles. The highest BCUT2D eigenvalue weighted by Crippen LogP contribution is 2.27. The Morgan fingerprint density at radius 1 is 1.42 bits per heavy atom. The van der Waals surface area contributed by atoms with E-state index in [4.69, 9.17) is 17.3 Å². The van der Waals surface area contributed by atoms with Crippen molar-refractivity contribution in [2.24, 2.45) is 5.73 Å². The van der Waals surface area contributed by atoms with E-state index in [0.717, 1.165) is 12.8 Å². The Hall–Kier alpha value is -1.75. The average Bonchev–Trinajstić information content (AvgIpc) is 2.33. The van der Waals surface area contributed by atoms with Crippen LogP contribution in [-0.4, -0.2) is 30.1 Å². The molecule has 0 saturated carbocycles. The number of nitrogens with two attached hydrogens (primary N) is 1. The van der Waals surface area contributed by atoms with Crippen molar-refractivity contribution >= 4 is 29.2 Å². The van der Waals surface area contributed by atoms with Gasteiger partial charge in [-0.1, -0.05) is 31.0 Å². The average molecular weight is 285 g/mol. The smallest absolute Gasteiger partial charge is 0.339 e. The third-order valence-electron chi connectivity index (χ3n) is 2.67. The molecule has 0 heterocycles. The lowest BCUT2D eigenvalue weighted by atomic mass is 10.1. The highest BCUT2D eigenvalue weighted by molar-refractivity contribution is 6.34. The van der Waals surface area contributed by atoms with Gasteiger partial charge in [0, 0.05) is 6.54 Å². The first-order chi connectivity index (χ1) is 8.97. The number of carboxylic acids is 1. The predicted molar refractivity (Wildman–Crippen MR) is 74.7 cm³/mol. The highest BCUT2D eigenvalue weighted by Gasteiger charge is 2.19. The molecule has 1 rings (SSSR count). The van der Waals surface area contributed by atoms with Crippen LogP contribution < -0.4 is 10.6 Å². The van der Waals surface area contributed by atoms with Crippen LogP contribution in [-0.2, 0) is 4.79 Å². The van der Waals surface area contributed by atoms with Crippen LogP contribution in [0.1, 0.15) is 30.1 Å². The van der Waals surface area contributed by atoms with Crippen LogP contribution in [0.2, 0.25) is 5.02 Å². The molecule has 0 fully saturated rings. The lowest BCUT2D eigenvalue weighted by Crippen LogP contribution is -2.35. The number of carbonyl (C=O) groups excluding carboxylic acids is 1. The number of primary amides is 1. The van der Waals surface area contributed by atoms with Gasteiger partial charge in [0.2, 0.25) is 5.91 Å². The fourth-order valence-corrected chi connectivity index (χ4v) is 2.06. The van der Waals surface area contributed by atoms with Crippen molar-refractivity contribution in [2.75, 3.05) is 18.0 Å². The maximum atomic E-state index is 11.3. The second-order valence-corrected chi connectivity index (χ2v) is 4.59. The van der Waals surface area contributed by atoms with Crippen molar-refractivity contribution in [3.05, 3.63) is 28.8 Å². The van der Waals surface area contributed by atoms with E-state index in [1.54, 1.807) is 17.0 Å². The van der Waals surface area contributed by atoms with E-state index in [0.29, 0.717) is 12.2 Å². The Balaban J connectivity index is 3.16. The summed E-state index contributed by atoms with van der Waals surface area (Å²) >= 11 is 5.92. The topological polar surface area (TPSA) is 83.6 Å². The summed E-state index contributed by atoms with van der Waals surface area (Å²) in [4.78, 5) is 24.0. The molecule has 0 aliphatic rings. The third kappa shape index (κ3) is 4.13. The second-order valence-electron chi connectivity index (χ2n) is 4.18. The molecule has 1 amide bonds. The molecule has 0 bridgehead atoms. The molecule has 1 aromatic carbocycles. The number of rotatable bonds is 7. The molecule has 0 saturated heterocycles. The van der Waals surface area contributed by atoms with Gasteiger partial charge in [0.15, 0.2) is 0 Å². The minimum Gasteiger partial charge on any atom is -0.478 e. The van der Waals surface area contributed by atoms with Gasteiger partial charge in [0.25, 0.3) is 0 Å². The summed E-state index contributed by atoms with van der Waals surface area (Å²) in [5.74, 6) is -1.63. The lowest BCUT2D eigenvalue weighted by molar-refractivity contribution is -0.116. The van der Waals surface area contributed by atoms with Crippen LogP contribution in [0.15, 0.2) is 18.2 Å². The van der Waals surface area contributed by atoms with Gasteiger partial charge in [-0.3, -0.25) is 4.79 Å². The number of aromatic carboxylic acids is 1. The molecule has 0 unspecified atom stereocenters. The summed E-state index contributed by atoms with van der Waals surface area (Å²) in [6.07, 6.45) is 1.76. The first-order valence-electron chi connectivity index (χ1n) is 6.02. The molecular formula is C13H17ClN2O3. The van der Waals surface area contributed by atoms with E-state index in [1.165, 1.54) is 6.07 Å². The van der Waals surface area contributed by atoms with Gasteiger partial charge in [-0.2, -0.15) is 0 Å². The zero-order chi connectivity index (χ0) is 14.4. The number of nitrogens with zero attached hydrogens (tertiary/aromatic N) is 1. The highest BCUT2D eigenvalue weighted by atomic mass is 35.5. The summed E-state index contributed by atoms with van der Waals surface area (Å²) in [7, 11) is 0. The van der Waals surface area contributed by atoms with Gasteiger partial charge >= 0.3 is 5.97 Å². The molecule has 0 spiro atoms. The van der Waals surface area contributed by atoms with E-state index < -0.39 is 11.9 Å². The Kier molecular flexibility index (Phi) is 5.63. The van der Waals surface area contributed by atoms with Crippen LogP contribution in [0.4, 0.5) is 5.69 Å². The van der Waals surface area contributed by atoms with Gasteiger partial charge < -0.3 is 15.7 Å². The minimum atomic E-state index is -1.12. The second kappa shape index (κ2) is 6.99. The predicted octanol–water partition coefficient (Wildman–Crippen LogP) is 2.13. The molecule has 6 heteroatoms. The quantitative estimate of drug-likeness (QED) is 0.803. The summed E-state index contributed by atoms with van der Waals surface area (Å²) in [6.45, 7) is 2.54. The Morgan fingerprint density at radius 2 is 2.11 bits per heavy atom. The van der Waals surface area contributed by atoms with E-state index in [2.05, 4.69) is 0 Å². The van der Waals surface area contributed by atoms with Gasteiger partial charge in [0.05, 0.1) is 17.3 Å². The molecule has 1 aromatic rings. The molecule has 0 aromatic heterocycles. The number of carbonyl (C=O) groups is 2. The van der Waals surface area contributed by atoms with Crippen molar-refractivity contribution in [1.82, 2.24) is 0 Å². The zero-order valence-corrected chi connectivity index (χ0v) is 11.5. The van der Waals surface area contributed by atoms with Gasteiger partial charge in [-0.25, -0.2) is 4.79 Å². The molecule has 19 heavy (non-hydrogen) atoms. The Morgan fingerprint density at radius 3 is 2.63 bits per heavy atom. The Labute approximate surface area is 117 Å². The van der Waals surface area contributed by atoms with Gasteiger partial charge in [-0.15, -0.1) is 0 Å². The largest absolute Gasteiger partial charge is 0.478 e.